The molecule has 8 heteroatoms. The molecule has 8 nitrogen and oxygen atoms in total. The Hall–Kier alpha value is -4.07. The molecule has 0 saturated heterocycles. The van der Waals surface area contributed by atoms with Gasteiger partial charge < -0.3 is 4.74 Å². The second-order valence-electron chi connectivity index (χ2n) is 8.78. The van der Waals surface area contributed by atoms with Gasteiger partial charge in [-0.1, -0.05) is 50.1 Å². The van der Waals surface area contributed by atoms with Gasteiger partial charge in [-0.05, 0) is 37.1 Å². The van der Waals surface area contributed by atoms with Crippen molar-refractivity contribution in [1.29, 1.82) is 0 Å². The van der Waals surface area contributed by atoms with E-state index in [4.69, 9.17) is 9.72 Å². The molecule has 180 valence electrons. The van der Waals surface area contributed by atoms with Gasteiger partial charge in [-0.15, -0.1) is 0 Å². The van der Waals surface area contributed by atoms with Crippen LogP contribution < -0.4 is 16.0 Å². The first-order valence-corrected chi connectivity index (χ1v) is 11.9. The van der Waals surface area contributed by atoms with Crippen molar-refractivity contribution in [3.05, 3.63) is 81.1 Å². The van der Waals surface area contributed by atoms with Crippen molar-refractivity contribution in [2.45, 2.75) is 32.6 Å². The molecule has 3 aromatic heterocycles. The van der Waals surface area contributed by atoms with E-state index in [1.165, 1.54) is 11.6 Å². The van der Waals surface area contributed by atoms with Crippen LogP contribution in [0.4, 0.5) is 0 Å². The number of aryl methyl sites for hydroxylation is 2. The van der Waals surface area contributed by atoms with E-state index in [0.717, 1.165) is 58.6 Å². The zero-order valence-electron chi connectivity index (χ0n) is 20.5. The fraction of sp³-hybridized carbons (Fsp3) is 0.296. The van der Waals surface area contributed by atoms with Crippen molar-refractivity contribution in [3.63, 3.8) is 0 Å². The Morgan fingerprint density at radius 1 is 0.914 bits per heavy atom. The molecule has 0 saturated carbocycles. The molecule has 0 fully saturated rings. The molecule has 5 aromatic rings. The van der Waals surface area contributed by atoms with Crippen LogP contribution in [0.3, 0.4) is 0 Å². The van der Waals surface area contributed by atoms with Crippen LogP contribution in [0.2, 0.25) is 0 Å². The minimum absolute atomic E-state index is 0.348. The van der Waals surface area contributed by atoms with Crippen LogP contribution in [-0.4, -0.2) is 30.2 Å². The molecule has 0 bridgehead atoms. The van der Waals surface area contributed by atoms with Gasteiger partial charge in [0.1, 0.15) is 5.75 Å². The van der Waals surface area contributed by atoms with Crippen LogP contribution in [0.25, 0.3) is 33.9 Å². The minimum Gasteiger partial charge on any atom is -0.497 e. The average Bonchev–Trinajstić information content (AvgIpc) is 3.42. The van der Waals surface area contributed by atoms with Crippen molar-refractivity contribution in [2.75, 3.05) is 7.11 Å². The SMILES string of the molecule is CCCCCc1c(-c2ccccc2)n(-c2ccc(OC)cc2)c2nc3c(c(=O)n(C)c(=O)n3C)n12. The number of unbranched alkanes of at least 4 members (excludes halogenated alkanes) is 2. The predicted molar refractivity (Wildman–Crippen MR) is 138 cm³/mol. The van der Waals surface area contributed by atoms with Crippen molar-refractivity contribution >= 4 is 16.9 Å². The quantitative estimate of drug-likeness (QED) is 0.335. The molecule has 0 aliphatic rings. The number of rotatable bonds is 7. The first-order chi connectivity index (χ1) is 17.0. The number of hydrogen-bond donors (Lipinski definition) is 0. The summed E-state index contributed by atoms with van der Waals surface area (Å²) in [5, 5.41) is 0. The van der Waals surface area contributed by atoms with Crippen molar-refractivity contribution < 1.29 is 4.74 Å². The molecule has 3 heterocycles. The molecule has 2 aromatic carbocycles. The van der Waals surface area contributed by atoms with Gasteiger partial charge in [-0.3, -0.25) is 22.9 Å². The second kappa shape index (κ2) is 8.94. The van der Waals surface area contributed by atoms with Crippen molar-refractivity contribution in [1.82, 2.24) is 23.1 Å². The van der Waals surface area contributed by atoms with Crippen LogP contribution in [-0.2, 0) is 20.5 Å². The number of fused-ring (bicyclic) bond motifs is 3. The molecule has 35 heavy (non-hydrogen) atoms. The van der Waals surface area contributed by atoms with Crippen LogP contribution in [0.5, 0.6) is 5.75 Å². The summed E-state index contributed by atoms with van der Waals surface area (Å²) in [6.07, 6.45) is 3.91. The fourth-order valence-electron chi connectivity index (χ4n) is 4.77. The lowest BCUT2D eigenvalue weighted by atomic mass is 10.1. The standard InChI is InChI=1S/C27H29N5O3/c1-5-6-8-13-21-22(18-11-9-7-10-12-18)31(19-14-16-20(35-4)17-15-19)26-28-24-23(32(21)26)25(33)30(3)27(34)29(24)2/h7,9-12,14-17H,5-6,8,13H2,1-4H3. The van der Waals surface area contributed by atoms with Crippen LogP contribution in [0.1, 0.15) is 31.9 Å². The van der Waals surface area contributed by atoms with E-state index < -0.39 is 5.69 Å². The average molecular weight is 472 g/mol. The summed E-state index contributed by atoms with van der Waals surface area (Å²) < 4.78 is 12.0. The molecule has 0 radical (unpaired) electrons. The highest BCUT2D eigenvalue weighted by Gasteiger charge is 2.26. The largest absolute Gasteiger partial charge is 0.497 e. The van der Waals surface area contributed by atoms with Gasteiger partial charge in [-0.2, -0.15) is 4.98 Å². The molecule has 0 aliphatic carbocycles. The Labute approximate surface area is 202 Å². The first kappa shape index (κ1) is 22.7. The molecule has 0 unspecified atom stereocenters. The highest BCUT2D eigenvalue weighted by molar-refractivity contribution is 5.81. The zero-order chi connectivity index (χ0) is 24.7. The molecule has 5 rings (SSSR count). The normalized spacial score (nSPS) is 11.5. The van der Waals surface area contributed by atoms with E-state index >= 15 is 0 Å². The number of ether oxygens (including phenoxy) is 1. The van der Waals surface area contributed by atoms with Gasteiger partial charge in [0.05, 0.1) is 18.5 Å². The number of imidazole rings is 2. The maximum absolute atomic E-state index is 13.4. The third kappa shape index (κ3) is 3.56. The van der Waals surface area contributed by atoms with E-state index in [1.54, 1.807) is 14.2 Å². The van der Waals surface area contributed by atoms with Crippen LogP contribution >= 0.6 is 0 Å². The lowest BCUT2D eigenvalue weighted by Crippen LogP contribution is -2.37. The van der Waals surface area contributed by atoms with Crippen LogP contribution in [0.15, 0.2) is 64.2 Å². The lowest BCUT2D eigenvalue weighted by molar-refractivity contribution is 0.415. The van der Waals surface area contributed by atoms with Gasteiger partial charge >= 0.3 is 5.69 Å². The molecule has 0 spiro atoms. The Bertz CT molecular complexity index is 1640. The highest BCUT2D eigenvalue weighted by Crippen LogP contribution is 2.34. The second-order valence-corrected chi connectivity index (χ2v) is 8.78. The predicted octanol–water partition coefficient (Wildman–Crippen LogP) is 4.08. The summed E-state index contributed by atoms with van der Waals surface area (Å²) in [5.74, 6) is 1.36. The molecule has 0 amide bonds. The van der Waals surface area contributed by atoms with Gasteiger partial charge in [0, 0.05) is 25.3 Å². The summed E-state index contributed by atoms with van der Waals surface area (Å²) in [7, 11) is 4.81. The topological polar surface area (TPSA) is 75.5 Å². The number of methoxy groups -OCH3 is 1. The van der Waals surface area contributed by atoms with Gasteiger partial charge in [0.2, 0.25) is 5.78 Å². The Kier molecular flexibility index (Phi) is 5.80. The van der Waals surface area contributed by atoms with E-state index in [9.17, 15) is 9.59 Å². The molecule has 0 aliphatic heterocycles. The summed E-state index contributed by atoms with van der Waals surface area (Å²) >= 11 is 0. The number of aromatic nitrogens is 5. The van der Waals surface area contributed by atoms with Gasteiger partial charge in [0.25, 0.3) is 5.56 Å². The molecule has 0 atom stereocenters. The molecular weight excluding hydrogens is 442 g/mol. The Morgan fingerprint density at radius 3 is 2.29 bits per heavy atom. The number of nitrogens with zero attached hydrogens (tertiary/aromatic N) is 5. The monoisotopic (exact) mass is 471 g/mol. The van der Waals surface area contributed by atoms with Gasteiger partial charge in [-0.25, -0.2) is 4.79 Å². The smallest absolute Gasteiger partial charge is 0.332 e. The number of hydrogen-bond acceptors (Lipinski definition) is 4. The summed E-state index contributed by atoms with van der Waals surface area (Å²) in [6.45, 7) is 2.17. The van der Waals surface area contributed by atoms with E-state index in [1.807, 2.05) is 46.9 Å². The van der Waals surface area contributed by atoms with Crippen LogP contribution in [0, 0.1) is 0 Å². The first-order valence-electron chi connectivity index (χ1n) is 11.9. The van der Waals surface area contributed by atoms with E-state index in [2.05, 4.69) is 23.6 Å². The third-order valence-electron chi connectivity index (χ3n) is 6.60. The zero-order valence-corrected chi connectivity index (χ0v) is 20.5. The Morgan fingerprint density at radius 2 is 1.63 bits per heavy atom. The summed E-state index contributed by atoms with van der Waals surface area (Å²) in [4.78, 5) is 30.9. The fourth-order valence-corrected chi connectivity index (χ4v) is 4.77. The molecular formula is C27H29N5O3. The summed E-state index contributed by atoms with van der Waals surface area (Å²) in [6, 6.07) is 18.0. The molecule has 0 N–H and O–H groups in total. The lowest BCUT2D eigenvalue weighted by Gasteiger charge is -2.12. The minimum atomic E-state index is -0.393. The van der Waals surface area contributed by atoms with E-state index in [0.29, 0.717) is 16.9 Å². The maximum atomic E-state index is 13.4. The van der Waals surface area contributed by atoms with E-state index in [-0.39, 0.29) is 5.56 Å². The summed E-state index contributed by atoms with van der Waals surface area (Å²) in [5.41, 5.74) is 3.99. The third-order valence-corrected chi connectivity index (χ3v) is 6.60. The van der Waals surface area contributed by atoms with Crippen molar-refractivity contribution in [3.8, 4) is 22.7 Å². The van der Waals surface area contributed by atoms with Gasteiger partial charge in [0.15, 0.2) is 11.2 Å². The Balaban J connectivity index is 1.97. The highest BCUT2D eigenvalue weighted by atomic mass is 16.5. The number of benzene rings is 2. The maximum Gasteiger partial charge on any atom is 0.332 e. The van der Waals surface area contributed by atoms with Crippen molar-refractivity contribution in [2.24, 2.45) is 14.1 Å².